The summed E-state index contributed by atoms with van der Waals surface area (Å²) in [6.45, 7) is 0. The predicted molar refractivity (Wildman–Crippen MR) is 101 cm³/mol. The molecular weight excluding hydrogens is 422 g/mol. The molecule has 0 amide bonds. The van der Waals surface area contributed by atoms with Gasteiger partial charge < -0.3 is 20.7 Å². The van der Waals surface area contributed by atoms with Crippen molar-refractivity contribution in [2.45, 2.75) is 23.0 Å². The maximum absolute atomic E-state index is 12.7. The van der Waals surface area contributed by atoms with Crippen LogP contribution in [0.2, 0.25) is 0 Å². The van der Waals surface area contributed by atoms with Crippen LogP contribution in [0, 0.1) is 21.7 Å². The molecule has 14 heteroatoms. The van der Waals surface area contributed by atoms with E-state index in [9.17, 15) is 24.1 Å². The molecule has 3 aromatic rings. The Bertz CT molecular complexity index is 1230. The molecule has 2 N–H and O–H groups in total. The SMILES string of the molecule is N#Cc1cc(N([O-])c2cc(C3CC3)nn2[O-])nc(-c2ccc(S(=O)(=O)NO)s2)n1. The topological polar surface area (TPSA) is 183 Å². The van der Waals surface area contributed by atoms with Crippen molar-refractivity contribution in [3.8, 4) is 16.8 Å². The first-order valence-corrected chi connectivity index (χ1v) is 10.4. The lowest BCUT2D eigenvalue weighted by molar-refractivity contribution is 0.243. The van der Waals surface area contributed by atoms with Gasteiger partial charge in [-0.25, -0.2) is 18.4 Å². The lowest BCUT2D eigenvalue weighted by Crippen LogP contribution is -2.17. The van der Waals surface area contributed by atoms with Gasteiger partial charge in [0.15, 0.2) is 5.82 Å². The molecule has 0 unspecified atom stereocenters. The smallest absolute Gasteiger partial charge is 0.271 e. The van der Waals surface area contributed by atoms with Crippen LogP contribution in [-0.4, -0.2) is 33.5 Å². The molecule has 1 saturated carbocycles. The van der Waals surface area contributed by atoms with Crippen molar-refractivity contribution in [2.75, 3.05) is 5.06 Å². The van der Waals surface area contributed by atoms with Crippen molar-refractivity contribution in [1.82, 2.24) is 24.8 Å². The molecule has 0 aromatic carbocycles. The minimum atomic E-state index is -4.10. The summed E-state index contributed by atoms with van der Waals surface area (Å²) in [6, 6.07) is 6.87. The average molecular weight is 433 g/mol. The maximum atomic E-state index is 12.7. The van der Waals surface area contributed by atoms with Gasteiger partial charge >= 0.3 is 0 Å². The van der Waals surface area contributed by atoms with Crippen LogP contribution in [-0.2, 0) is 10.0 Å². The Morgan fingerprint density at radius 2 is 2.10 bits per heavy atom. The van der Waals surface area contributed by atoms with Crippen LogP contribution < -0.4 is 9.95 Å². The molecule has 0 radical (unpaired) electrons. The number of nitrogens with one attached hydrogen (secondary N) is 1. The fourth-order valence-electron chi connectivity index (χ4n) is 2.54. The molecule has 29 heavy (non-hydrogen) atoms. The molecule has 12 nitrogen and oxygen atoms in total. The normalized spacial score (nSPS) is 14.0. The number of thiophene rings is 1. The van der Waals surface area contributed by atoms with Gasteiger partial charge in [-0.15, -0.1) is 11.3 Å². The summed E-state index contributed by atoms with van der Waals surface area (Å²) in [4.78, 5) is 9.69. The molecule has 0 spiro atoms. The van der Waals surface area contributed by atoms with E-state index in [2.05, 4.69) is 15.1 Å². The number of sulfonamides is 1. The largest absolute Gasteiger partial charge is 0.789 e. The molecule has 3 aromatic heterocycles. The highest BCUT2D eigenvalue weighted by Gasteiger charge is 2.27. The van der Waals surface area contributed by atoms with E-state index in [0.29, 0.717) is 5.69 Å². The monoisotopic (exact) mass is 433 g/mol. The third-order valence-electron chi connectivity index (χ3n) is 4.10. The predicted octanol–water partition coefficient (Wildman–Crippen LogP) is 1.80. The summed E-state index contributed by atoms with van der Waals surface area (Å²) < 4.78 is 23.1. The highest BCUT2D eigenvalue weighted by atomic mass is 32.2. The Kier molecular flexibility index (Phi) is 4.68. The first kappa shape index (κ1) is 19.2. The fourth-order valence-corrected chi connectivity index (χ4v) is 4.37. The molecular formula is C15H11N7O5S2-2. The van der Waals surface area contributed by atoms with E-state index in [1.165, 1.54) is 23.1 Å². The van der Waals surface area contributed by atoms with Crippen LogP contribution in [0.1, 0.15) is 30.1 Å². The lowest BCUT2D eigenvalue weighted by Gasteiger charge is -2.30. The van der Waals surface area contributed by atoms with Crippen LogP contribution in [0.4, 0.5) is 11.6 Å². The van der Waals surface area contributed by atoms with Crippen molar-refractivity contribution in [1.29, 1.82) is 5.26 Å². The van der Waals surface area contributed by atoms with Gasteiger partial charge in [-0.3, -0.25) is 4.85 Å². The van der Waals surface area contributed by atoms with Gasteiger partial charge in [0.1, 0.15) is 27.6 Å². The zero-order chi connectivity index (χ0) is 20.8. The number of anilines is 2. The first-order chi connectivity index (χ1) is 13.8. The van der Waals surface area contributed by atoms with E-state index >= 15 is 0 Å². The minimum absolute atomic E-state index is 0.0799. The number of hydrogen-bond acceptors (Lipinski definition) is 11. The summed E-state index contributed by atoms with van der Waals surface area (Å²) in [6.07, 6.45) is 1.80. The zero-order valence-electron chi connectivity index (χ0n) is 14.4. The third-order valence-corrected chi connectivity index (χ3v) is 6.80. The molecule has 0 aliphatic heterocycles. The van der Waals surface area contributed by atoms with Crippen LogP contribution in [0.5, 0.6) is 0 Å². The number of hydrogen-bond donors (Lipinski definition) is 2. The first-order valence-electron chi connectivity index (χ1n) is 8.12. The summed E-state index contributed by atoms with van der Waals surface area (Å²) in [5, 5.41) is 46.7. The van der Waals surface area contributed by atoms with Gasteiger partial charge in [0.05, 0.1) is 10.6 Å². The van der Waals surface area contributed by atoms with E-state index in [0.717, 1.165) is 30.2 Å². The van der Waals surface area contributed by atoms with Crippen molar-refractivity contribution < 1.29 is 13.6 Å². The Labute approximate surface area is 167 Å². The Morgan fingerprint density at radius 1 is 1.34 bits per heavy atom. The van der Waals surface area contributed by atoms with Gasteiger partial charge in [0.2, 0.25) is 0 Å². The number of aromatic nitrogens is 4. The van der Waals surface area contributed by atoms with Crippen LogP contribution in [0.25, 0.3) is 10.7 Å². The van der Waals surface area contributed by atoms with Gasteiger partial charge in [-0.1, -0.05) is 4.89 Å². The van der Waals surface area contributed by atoms with E-state index in [-0.39, 0.29) is 48.1 Å². The summed E-state index contributed by atoms with van der Waals surface area (Å²) >= 11 is 0.728. The van der Waals surface area contributed by atoms with Crippen molar-refractivity contribution in [3.63, 3.8) is 0 Å². The van der Waals surface area contributed by atoms with E-state index < -0.39 is 10.0 Å². The van der Waals surface area contributed by atoms with Crippen LogP contribution in [0.15, 0.2) is 28.5 Å². The second kappa shape index (κ2) is 7.06. The van der Waals surface area contributed by atoms with Gasteiger partial charge in [-0.05, 0) is 25.0 Å². The molecule has 150 valence electrons. The summed E-state index contributed by atoms with van der Waals surface area (Å²) in [5.41, 5.74) is 0.374. The van der Waals surface area contributed by atoms with Crippen LogP contribution in [0.3, 0.4) is 0 Å². The molecule has 1 aliphatic carbocycles. The van der Waals surface area contributed by atoms with E-state index in [4.69, 9.17) is 5.21 Å². The minimum Gasteiger partial charge on any atom is -0.789 e. The van der Waals surface area contributed by atoms with Crippen molar-refractivity contribution in [2.24, 2.45) is 0 Å². The Hall–Kier alpha value is -3.09. The molecule has 1 aliphatic rings. The molecule has 0 saturated heterocycles. The molecule has 1 fully saturated rings. The highest BCUT2D eigenvalue weighted by molar-refractivity contribution is 7.91. The molecule has 0 atom stereocenters. The van der Waals surface area contributed by atoms with Gasteiger partial charge in [0, 0.05) is 18.1 Å². The summed E-state index contributed by atoms with van der Waals surface area (Å²) in [7, 11) is -4.10. The Morgan fingerprint density at radius 3 is 2.76 bits per heavy atom. The number of rotatable bonds is 6. The molecule has 3 heterocycles. The number of nitriles is 1. The van der Waals surface area contributed by atoms with Gasteiger partial charge in [-0.2, -0.15) is 10.4 Å². The fraction of sp³-hybridized carbons (Fsp3) is 0.200. The molecule has 4 rings (SSSR count). The van der Waals surface area contributed by atoms with E-state index in [1.54, 1.807) is 6.07 Å². The molecule has 0 bridgehead atoms. The standard InChI is InChI=1S/C15H11N7O5S2/c16-7-9-5-12(21(24)13-6-10(8-1-2-8)19-22(13)25)18-15(17-9)11-3-4-14(28-11)29(26,27)20-23/h3-6,8,20,23H,1-2H2/q-2. The zero-order valence-corrected chi connectivity index (χ0v) is 16.0. The van der Waals surface area contributed by atoms with Crippen molar-refractivity contribution in [3.05, 3.63) is 46.1 Å². The van der Waals surface area contributed by atoms with Crippen LogP contribution >= 0.6 is 11.3 Å². The third kappa shape index (κ3) is 3.64. The Balaban J connectivity index is 1.73. The maximum Gasteiger partial charge on any atom is 0.271 e. The summed E-state index contributed by atoms with van der Waals surface area (Å²) in [5.74, 6) is -0.480. The second-order valence-corrected chi connectivity index (χ2v) is 9.10. The quantitative estimate of drug-likeness (QED) is 0.543. The van der Waals surface area contributed by atoms with Crippen molar-refractivity contribution >= 4 is 33.0 Å². The number of nitrogens with zero attached hydrogens (tertiary/aromatic N) is 6. The average Bonchev–Trinajstić information content (AvgIpc) is 3.31. The van der Waals surface area contributed by atoms with Gasteiger partial charge in [0.25, 0.3) is 10.0 Å². The highest BCUT2D eigenvalue weighted by Crippen LogP contribution is 2.41. The van der Waals surface area contributed by atoms with E-state index in [1.807, 2.05) is 0 Å². The lowest BCUT2D eigenvalue weighted by atomic mass is 10.3. The second-order valence-electron chi connectivity index (χ2n) is 6.13.